The second-order valence-corrected chi connectivity index (χ2v) is 4.25. The fourth-order valence-corrected chi connectivity index (χ4v) is 2.14. The standard InChI is InChI=1S/C14H18O5/c1-4-13(15)19-10-5-6-12-11(9-10)14(16-2,17-3)7-8-18-12/h5-6,9H,4,7-8H2,1-3H3. The Morgan fingerprint density at radius 1 is 1.37 bits per heavy atom. The van der Waals surface area contributed by atoms with Crippen molar-refractivity contribution < 1.29 is 23.7 Å². The summed E-state index contributed by atoms with van der Waals surface area (Å²) in [6.45, 7) is 2.27. The minimum atomic E-state index is -0.845. The van der Waals surface area contributed by atoms with E-state index in [-0.39, 0.29) is 5.97 Å². The molecule has 0 N–H and O–H groups in total. The molecule has 0 unspecified atom stereocenters. The zero-order chi connectivity index (χ0) is 13.9. The lowest BCUT2D eigenvalue weighted by molar-refractivity contribution is -0.230. The number of methoxy groups -OCH3 is 2. The first-order valence-electron chi connectivity index (χ1n) is 6.23. The van der Waals surface area contributed by atoms with Crippen LogP contribution in [0.15, 0.2) is 18.2 Å². The molecule has 19 heavy (non-hydrogen) atoms. The molecule has 104 valence electrons. The Balaban J connectivity index is 2.38. The summed E-state index contributed by atoms with van der Waals surface area (Å²) in [4.78, 5) is 11.3. The van der Waals surface area contributed by atoms with E-state index in [2.05, 4.69) is 0 Å². The molecule has 0 radical (unpaired) electrons. The Labute approximate surface area is 112 Å². The molecule has 0 bridgehead atoms. The second-order valence-electron chi connectivity index (χ2n) is 4.25. The van der Waals surface area contributed by atoms with Gasteiger partial charge in [0.05, 0.1) is 12.2 Å². The first-order valence-corrected chi connectivity index (χ1v) is 6.23. The molecule has 0 saturated carbocycles. The summed E-state index contributed by atoms with van der Waals surface area (Å²) in [5.74, 6) is 0.0281. The first kappa shape index (κ1) is 13.8. The van der Waals surface area contributed by atoms with Gasteiger partial charge >= 0.3 is 5.97 Å². The Morgan fingerprint density at radius 3 is 2.74 bits per heavy atom. The van der Waals surface area contributed by atoms with Crippen LogP contribution in [-0.2, 0) is 20.1 Å². The highest BCUT2D eigenvalue weighted by atomic mass is 16.7. The molecule has 1 aliphatic rings. The molecule has 0 aromatic heterocycles. The van der Waals surface area contributed by atoms with Crippen LogP contribution in [0.1, 0.15) is 25.3 Å². The summed E-state index contributed by atoms with van der Waals surface area (Å²) in [6.07, 6.45) is 0.908. The highest BCUT2D eigenvalue weighted by molar-refractivity contribution is 5.72. The van der Waals surface area contributed by atoms with E-state index in [1.165, 1.54) is 0 Å². The van der Waals surface area contributed by atoms with Gasteiger partial charge in [-0.05, 0) is 18.2 Å². The lowest BCUT2D eigenvalue weighted by Crippen LogP contribution is -2.36. The molecule has 0 spiro atoms. The number of carbonyl (C=O) groups is 1. The van der Waals surface area contributed by atoms with Crippen LogP contribution in [0.3, 0.4) is 0 Å². The monoisotopic (exact) mass is 266 g/mol. The number of hydrogen-bond acceptors (Lipinski definition) is 5. The zero-order valence-corrected chi connectivity index (χ0v) is 11.4. The van der Waals surface area contributed by atoms with Gasteiger partial charge in [0.2, 0.25) is 5.79 Å². The van der Waals surface area contributed by atoms with Crippen molar-refractivity contribution in [1.29, 1.82) is 0 Å². The van der Waals surface area contributed by atoms with Gasteiger partial charge < -0.3 is 18.9 Å². The number of hydrogen-bond donors (Lipinski definition) is 0. The predicted octanol–water partition coefficient (Wildman–Crippen LogP) is 2.23. The molecule has 0 atom stereocenters. The average molecular weight is 266 g/mol. The molecule has 5 nitrogen and oxygen atoms in total. The third-order valence-electron chi connectivity index (χ3n) is 3.23. The van der Waals surface area contributed by atoms with Crippen molar-refractivity contribution in [3.8, 4) is 11.5 Å². The fourth-order valence-electron chi connectivity index (χ4n) is 2.14. The molecular formula is C14H18O5. The van der Waals surface area contributed by atoms with Gasteiger partial charge in [0.1, 0.15) is 11.5 Å². The maximum absolute atomic E-state index is 11.3. The average Bonchev–Trinajstić information content (AvgIpc) is 2.46. The number of ether oxygens (including phenoxy) is 4. The number of carbonyl (C=O) groups excluding carboxylic acids is 1. The van der Waals surface area contributed by atoms with Gasteiger partial charge in [0.15, 0.2) is 0 Å². The highest BCUT2D eigenvalue weighted by Gasteiger charge is 2.38. The van der Waals surface area contributed by atoms with E-state index in [0.29, 0.717) is 30.9 Å². The Kier molecular flexibility index (Phi) is 4.07. The summed E-state index contributed by atoms with van der Waals surface area (Å²) in [5, 5.41) is 0. The van der Waals surface area contributed by atoms with Crippen LogP contribution >= 0.6 is 0 Å². The van der Waals surface area contributed by atoms with Gasteiger partial charge in [-0.3, -0.25) is 4.79 Å². The summed E-state index contributed by atoms with van der Waals surface area (Å²) in [6, 6.07) is 5.20. The Morgan fingerprint density at radius 2 is 2.11 bits per heavy atom. The Bertz CT molecular complexity index is 465. The maximum Gasteiger partial charge on any atom is 0.310 e. The van der Waals surface area contributed by atoms with Crippen molar-refractivity contribution in [3.63, 3.8) is 0 Å². The van der Waals surface area contributed by atoms with E-state index in [1.807, 2.05) is 0 Å². The van der Waals surface area contributed by atoms with Crippen molar-refractivity contribution in [2.75, 3.05) is 20.8 Å². The van der Waals surface area contributed by atoms with Gasteiger partial charge in [-0.1, -0.05) is 6.92 Å². The van der Waals surface area contributed by atoms with Crippen LogP contribution in [0.25, 0.3) is 0 Å². The van der Waals surface area contributed by atoms with E-state index in [1.54, 1.807) is 39.3 Å². The van der Waals surface area contributed by atoms with Crippen LogP contribution < -0.4 is 9.47 Å². The number of benzene rings is 1. The molecular weight excluding hydrogens is 248 g/mol. The molecule has 0 fully saturated rings. The van der Waals surface area contributed by atoms with E-state index < -0.39 is 5.79 Å². The molecule has 0 amide bonds. The Hall–Kier alpha value is -1.59. The summed E-state index contributed by atoms with van der Waals surface area (Å²) in [5.41, 5.74) is 0.741. The van der Waals surface area contributed by atoms with E-state index in [4.69, 9.17) is 18.9 Å². The summed E-state index contributed by atoms with van der Waals surface area (Å²) < 4.78 is 21.8. The molecule has 1 aromatic carbocycles. The van der Waals surface area contributed by atoms with Crippen LogP contribution in [0, 0.1) is 0 Å². The van der Waals surface area contributed by atoms with Crippen LogP contribution in [0.5, 0.6) is 11.5 Å². The predicted molar refractivity (Wildman–Crippen MR) is 68.2 cm³/mol. The zero-order valence-electron chi connectivity index (χ0n) is 11.4. The van der Waals surface area contributed by atoms with Gasteiger partial charge in [-0.25, -0.2) is 0 Å². The molecule has 5 heteroatoms. The largest absolute Gasteiger partial charge is 0.493 e. The SMILES string of the molecule is CCC(=O)Oc1ccc2c(c1)C(OC)(OC)CCO2. The quantitative estimate of drug-likeness (QED) is 0.475. The van der Waals surface area contributed by atoms with Gasteiger partial charge in [-0.15, -0.1) is 0 Å². The number of fused-ring (bicyclic) bond motifs is 1. The van der Waals surface area contributed by atoms with Gasteiger partial charge in [0, 0.05) is 27.1 Å². The van der Waals surface area contributed by atoms with Crippen LogP contribution in [-0.4, -0.2) is 26.8 Å². The molecule has 0 aliphatic carbocycles. The van der Waals surface area contributed by atoms with E-state index in [9.17, 15) is 4.79 Å². The lowest BCUT2D eigenvalue weighted by atomic mass is 9.98. The number of rotatable bonds is 4. The smallest absolute Gasteiger partial charge is 0.310 e. The fraction of sp³-hybridized carbons (Fsp3) is 0.500. The van der Waals surface area contributed by atoms with Crippen molar-refractivity contribution in [2.24, 2.45) is 0 Å². The number of esters is 1. The second kappa shape index (κ2) is 5.59. The normalized spacial score (nSPS) is 16.4. The van der Waals surface area contributed by atoms with Crippen molar-refractivity contribution in [3.05, 3.63) is 23.8 Å². The highest BCUT2D eigenvalue weighted by Crippen LogP contribution is 2.41. The lowest BCUT2D eigenvalue weighted by Gasteiger charge is -2.36. The van der Waals surface area contributed by atoms with Crippen LogP contribution in [0.4, 0.5) is 0 Å². The summed E-state index contributed by atoms with van der Waals surface area (Å²) >= 11 is 0. The molecule has 0 saturated heterocycles. The third-order valence-corrected chi connectivity index (χ3v) is 3.23. The van der Waals surface area contributed by atoms with E-state index >= 15 is 0 Å². The van der Waals surface area contributed by atoms with Crippen LogP contribution in [0.2, 0.25) is 0 Å². The summed E-state index contributed by atoms with van der Waals surface area (Å²) in [7, 11) is 3.17. The first-order chi connectivity index (χ1) is 9.15. The maximum atomic E-state index is 11.3. The van der Waals surface area contributed by atoms with E-state index in [0.717, 1.165) is 5.56 Å². The minimum absolute atomic E-state index is 0.280. The molecule has 1 heterocycles. The topological polar surface area (TPSA) is 54.0 Å². The molecule has 1 aromatic rings. The van der Waals surface area contributed by atoms with Crippen molar-refractivity contribution in [2.45, 2.75) is 25.6 Å². The van der Waals surface area contributed by atoms with Gasteiger partial charge in [-0.2, -0.15) is 0 Å². The molecule has 1 aliphatic heterocycles. The van der Waals surface area contributed by atoms with Gasteiger partial charge in [0.25, 0.3) is 0 Å². The minimum Gasteiger partial charge on any atom is -0.493 e. The third kappa shape index (κ3) is 2.57. The molecule has 2 rings (SSSR count). The van der Waals surface area contributed by atoms with Crippen molar-refractivity contribution in [1.82, 2.24) is 0 Å². The van der Waals surface area contributed by atoms with Crippen molar-refractivity contribution >= 4 is 5.97 Å².